The Balaban J connectivity index is 2.09. The lowest BCUT2D eigenvalue weighted by molar-refractivity contribution is -0.121. The third-order valence-corrected chi connectivity index (χ3v) is 3.95. The van der Waals surface area contributed by atoms with E-state index in [0.29, 0.717) is 11.1 Å². The molecule has 2 aromatic rings. The van der Waals surface area contributed by atoms with Gasteiger partial charge >= 0.3 is 0 Å². The molecule has 1 atom stereocenters. The van der Waals surface area contributed by atoms with Crippen LogP contribution < -0.4 is 5.32 Å². The van der Waals surface area contributed by atoms with Gasteiger partial charge in [-0.15, -0.1) is 10.2 Å². The Morgan fingerprint density at radius 3 is 2.35 bits per heavy atom. The predicted octanol–water partition coefficient (Wildman–Crippen LogP) is 3.75. The number of amides is 1. The topological polar surface area (TPSA) is 68.0 Å². The minimum Gasteiger partial charge on any atom is -0.411 e. The van der Waals surface area contributed by atoms with Gasteiger partial charge in [0.05, 0.1) is 5.25 Å². The number of hydrogen-bond acceptors (Lipinski definition) is 5. The zero-order valence-electron chi connectivity index (χ0n) is 14.4. The van der Waals surface area contributed by atoms with Crippen molar-refractivity contribution in [2.24, 2.45) is 0 Å². The van der Waals surface area contributed by atoms with Gasteiger partial charge in [-0.3, -0.25) is 4.79 Å². The molecule has 0 unspecified atom stereocenters. The molecule has 0 fully saturated rings. The Morgan fingerprint density at radius 2 is 1.78 bits per heavy atom. The van der Waals surface area contributed by atoms with Crippen LogP contribution in [0.2, 0.25) is 0 Å². The molecule has 0 radical (unpaired) electrons. The lowest BCUT2D eigenvalue weighted by Gasteiger charge is -2.22. The molecular weight excluding hydrogens is 310 g/mol. The van der Waals surface area contributed by atoms with Gasteiger partial charge in [0.1, 0.15) is 0 Å². The van der Waals surface area contributed by atoms with Gasteiger partial charge in [0.15, 0.2) is 0 Å². The molecule has 0 aliphatic heterocycles. The fourth-order valence-corrected chi connectivity index (χ4v) is 2.83. The molecule has 0 aliphatic rings. The number of aromatic nitrogens is 2. The van der Waals surface area contributed by atoms with Crippen LogP contribution in [0.15, 0.2) is 27.8 Å². The highest BCUT2D eigenvalue weighted by atomic mass is 32.2. The van der Waals surface area contributed by atoms with Crippen molar-refractivity contribution in [3.05, 3.63) is 29.3 Å². The smallest absolute Gasteiger partial charge is 0.277 e. The number of carbonyl (C=O) groups is 1. The summed E-state index contributed by atoms with van der Waals surface area (Å²) >= 11 is 1.26. The lowest BCUT2D eigenvalue weighted by Crippen LogP contribution is -2.44. The summed E-state index contributed by atoms with van der Waals surface area (Å²) in [7, 11) is 0. The van der Waals surface area contributed by atoms with Crippen molar-refractivity contribution in [3.63, 3.8) is 0 Å². The molecule has 2 rings (SSSR count). The molecule has 0 saturated carbocycles. The third-order valence-electron chi connectivity index (χ3n) is 3.02. The van der Waals surface area contributed by atoms with Gasteiger partial charge in [-0.1, -0.05) is 29.0 Å². The van der Waals surface area contributed by atoms with E-state index < -0.39 is 0 Å². The maximum atomic E-state index is 12.1. The zero-order chi connectivity index (χ0) is 17.2. The Morgan fingerprint density at radius 1 is 1.17 bits per heavy atom. The highest BCUT2D eigenvalue weighted by Crippen LogP contribution is 2.27. The van der Waals surface area contributed by atoms with Crippen LogP contribution in [-0.2, 0) is 4.79 Å². The van der Waals surface area contributed by atoms with Crippen LogP contribution in [-0.4, -0.2) is 26.9 Å². The van der Waals surface area contributed by atoms with Crippen molar-refractivity contribution < 1.29 is 9.21 Å². The molecular formula is C17H23N3O2S. The number of aryl methyl sites for hydroxylation is 2. The second-order valence-electron chi connectivity index (χ2n) is 6.75. The van der Waals surface area contributed by atoms with Gasteiger partial charge in [-0.05, 0) is 53.7 Å². The summed E-state index contributed by atoms with van der Waals surface area (Å²) in [6.07, 6.45) is 0. The van der Waals surface area contributed by atoms with Gasteiger partial charge in [-0.25, -0.2) is 0 Å². The molecule has 0 bridgehead atoms. The van der Waals surface area contributed by atoms with E-state index in [-0.39, 0.29) is 16.7 Å². The van der Waals surface area contributed by atoms with Crippen molar-refractivity contribution in [2.75, 3.05) is 0 Å². The minimum atomic E-state index is -0.304. The Hall–Kier alpha value is -1.82. The fraction of sp³-hybridized carbons (Fsp3) is 0.471. The quantitative estimate of drug-likeness (QED) is 0.863. The van der Waals surface area contributed by atoms with Crippen LogP contribution in [0.4, 0.5) is 0 Å². The first kappa shape index (κ1) is 17.5. The van der Waals surface area contributed by atoms with E-state index in [1.54, 1.807) is 0 Å². The van der Waals surface area contributed by atoms with E-state index in [2.05, 4.69) is 21.6 Å². The molecule has 1 aromatic carbocycles. The second-order valence-corrected chi connectivity index (χ2v) is 8.04. The SMILES string of the molecule is Cc1cc(C)cc(-c2nnc(S[C@H](C)C(=O)NC(C)(C)C)o2)c1. The molecule has 1 heterocycles. The van der Waals surface area contributed by atoms with Gasteiger partial charge < -0.3 is 9.73 Å². The van der Waals surface area contributed by atoms with Crippen molar-refractivity contribution in [2.45, 2.75) is 57.6 Å². The van der Waals surface area contributed by atoms with E-state index in [1.165, 1.54) is 11.8 Å². The fourth-order valence-electron chi connectivity index (χ4n) is 2.15. The normalized spacial score (nSPS) is 13.0. The van der Waals surface area contributed by atoms with Gasteiger partial charge in [0.25, 0.3) is 5.22 Å². The van der Waals surface area contributed by atoms with E-state index in [0.717, 1.165) is 16.7 Å². The molecule has 0 spiro atoms. The van der Waals surface area contributed by atoms with Crippen LogP contribution in [0.3, 0.4) is 0 Å². The summed E-state index contributed by atoms with van der Waals surface area (Å²) in [6, 6.07) is 6.10. The maximum absolute atomic E-state index is 12.1. The number of nitrogens with one attached hydrogen (secondary N) is 1. The molecule has 1 aromatic heterocycles. The average Bonchev–Trinajstić information content (AvgIpc) is 2.84. The largest absolute Gasteiger partial charge is 0.411 e. The number of hydrogen-bond donors (Lipinski definition) is 1. The molecule has 5 nitrogen and oxygen atoms in total. The molecule has 0 saturated heterocycles. The summed E-state index contributed by atoms with van der Waals surface area (Å²) in [5, 5.41) is 11.2. The average molecular weight is 333 g/mol. The maximum Gasteiger partial charge on any atom is 0.277 e. The van der Waals surface area contributed by atoms with Crippen molar-refractivity contribution in [1.82, 2.24) is 15.5 Å². The number of thioether (sulfide) groups is 1. The van der Waals surface area contributed by atoms with Crippen molar-refractivity contribution >= 4 is 17.7 Å². The monoisotopic (exact) mass is 333 g/mol. The van der Waals surface area contributed by atoms with E-state index in [1.807, 2.05) is 53.7 Å². The first-order valence-corrected chi connectivity index (χ1v) is 8.43. The van der Waals surface area contributed by atoms with Crippen LogP contribution in [0, 0.1) is 13.8 Å². The standard InChI is InChI=1S/C17H23N3O2S/c1-10-7-11(2)9-13(8-10)15-19-20-16(22-15)23-12(3)14(21)18-17(4,5)6/h7-9,12H,1-6H3,(H,18,21)/t12-/m1/s1. The molecule has 0 aliphatic carbocycles. The zero-order valence-corrected chi connectivity index (χ0v) is 15.2. The summed E-state index contributed by atoms with van der Waals surface area (Å²) in [5.74, 6) is 0.427. The first-order chi connectivity index (χ1) is 10.6. The molecule has 124 valence electrons. The van der Waals surface area contributed by atoms with E-state index >= 15 is 0 Å². The van der Waals surface area contributed by atoms with Gasteiger partial charge in [-0.2, -0.15) is 0 Å². The molecule has 6 heteroatoms. The van der Waals surface area contributed by atoms with Gasteiger partial charge in [0.2, 0.25) is 11.8 Å². The number of carbonyl (C=O) groups excluding carboxylic acids is 1. The Bertz CT molecular complexity index is 684. The van der Waals surface area contributed by atoms with E-state index in [9.17, 15) is 4.79 Å². The molecule has 1 N–H and O–H groups in total. The van der Waals surface area contributed by atoms with E-state index in [4.69, 9.17) is 4.42 Å². The van der Waals surface area contributed by atoms with Crippen LogP contribution >= 0.6 is 11.8 Å². The number of nitrogens with zero attached hydrogens (tertiary/aromatic N) is 2. The summed E-state index contributed by atoms with van der Waals surface area (Å²) in [6.45, 7) is 11.7. The lowest BCUT2D eigenvalue weighted by atomic mass is 10.1. The number of rotatable bonds is 4. The third kappa shape index (κ3) is 5.10. The predicted molar refractivity (Wildman–Crippen MR) is 92.4 cm³/mol. The highest BCUT2D eigenvalue weighted by Gasteiger charge is 2.22. The van der Waals surface area contributed by atoms with Crippen LogP contribution in [0.1, 0.15) is 38.8 Å². The summed E-state index contributed by atoms with van der Waals surface area (Å²) in [5.41, 5.74) is 2.93. The second kappa shape index (κ2) is 6.74. The summed E-state index contributed by atoms with van der Waals surface area (Å²) < 4.78 is 5.69. The highest BCUT2D eigenvalue weighted by molar-refractivity contribution is 8.00. The first-order valence-electron chi connectivity index (χ1n) is 7.55. The van der Waals surface area contributed by atoms with Crippen molar-refractivity contribution in [3.8, 4) is 11.5 Å². The minimum absolute atomic E-state index is 0.0475. The Kier molecular flexibility index (Phi) is 5.14. The van der Waals surface area contributed by atoms with Gasteiger partial charge in [0, 0.05) is 11.1 Å². The molecule has 23 heavy (non-hydrogen) atoms. The molecule has 1 amide bonds. The Labute approximate surface area is 141 Å². The van der Waals surface area contributed by atoms with Crippen LogP contribution in [0.5, 0.6) is 0 Å². The van der Waals surface area contributed by atoms with Crippen LogP contribution in [0.25, 0.3) is 11.5 Å². The summed E-state index contributed by atoms with van der Waals surface area (Å²) in [4.78, 5) is 12.1. The number of benzene rings is 1. The van der Waals surface area contributed by atoms with Crippen molar-refractivity contribution in [1.29, 1.82) is 0 Å².